The SMILES string of the molecule is CC(CO)CCCNC(=O)c1ccc(N)cc1Cl. The normalized spacial score (nSPS) is 12.2. The number of amides is 1. The molecule has 0 aliphatic carbocycles. The summed E-state index contributed by atoms with van der Waals surface area (Å²) in [6, 6.07) is 4.82. The number of halogens is 1. The minimum atomic E-state index is -0.198. The molecule has 5 heteroatoms. The van der Waals surface area contributed by atoms with Crippen molar-refractivity contribution >= 4 is 23.2 Å². The molecule has 0 bridgehead atoms. The zero-order valence-corrected chi connectivity index (χ0v) is 11.2. The van der Waals surface area contributed by atoms with E-state index in [1.54, 1.807) is 18.2 Å². The van der Waals surface area contributed by atoms with E-state index in [0.717, 1.165) is 12.8 Å². The molecule has 0 saturated heterocycles. The summed E-state index contributed by atoms with van der Waals surface area (Å²) in [4.78, 5) is 11.8. The van der Waals surface area contributed by atoms with Crippen molar-refractivity contribution in [2.45, 2.75) is 19.8 Å². The maximum atomic E-state index is 11.8. The highest BCUT2D eigenvalue weighted by Crippen LogP contribution is 2.18. The first-order valence-corrected chi connectivity index (χ1v) is 6.36. The Labute approximate surface area is 112 Å². The Morgan fingerprint density at radius 2 is 2.28 bits per heavy atom. The zero-order valence-electron chi connectivity index (χ0n) is 10.4. The van der Waals surface area contributed by atoms with Gasteiger partial charge in [0.1, 0.15) is 0 Å². The zero-order chi connectivity index (χ0) is 13.5. The molecule has 1 amide bonds. The van der Waals surface area contributed by atoms with Gasteiger partial charge in [-0.3, -0.25) is 4.79 Å². The van der Waals surface area contributed by atoms with E-state index in [2.05, 4.69) is 5.32 Å². The van der Waals surface area contributed by atoms with Crippen molar-refractivity contribution in [3.63, 3.8) is 0 Å². The van der Waals surface area contributed by atoms with Gasteiger partial charge in [-0.1, -0.05) is 18.5 Å². The van der Waals surface area contributed by atoms with Gasteiger partial charge >= 0.3 is 0 Å². The largest absolute Gasteiger partial charge is 0.399 e. The standard InChI is InChI=1S/C13H19ClN2O2/c1-9(8-17)3-2-6-16-13(18)11-5-4-10(15)7-12(11)14/h4-5,7,9,17H,2-3,6,8,15H2,1H3,(H,16,18). The highest BCUT2D eigenvalue weighted by Gasteiger charge is 2.09. The fourth-order valence-electron chi connectivity index (χ4n) is 1.55. The Morgan fingerprint density at radius 1 is 1.56 bits per heavy atom. The maximum Gasteiger partial charge on any atom is 0.252 e. The number of carbonyl (C=O) groups excluding carboxylic acids is 1. The second kappa shape index (κ2) is 7.24. The van der Waals surface area contributed by atoms with Crippen molar-refractivity contribution in [1.82, 2.24) is 5.32 Å². The topological polar surface area (TPSA) is 75.3 Å². The average molecular weight is 271 g/mol. The molecule has 1 unspecified atom stereocenters. The molecule has 0 aliphatic heterocycles. The molecule has 18 heavy (non-hydrogen) atoms. The number of anilines is 1. The summed E-state index contributed by atoms with van der Waals surface area (Å²) in [7, 11) is 0. The van der Waals surface area contributed by atoms with Crippen LogP contribution in [-0.2, 0) is 0 Å². The van der Waals surface area contributed by atoms with Crippen molar-refractivity contribution in [2.75, 3.05) is 18.9 Å². The van der Waals surface area contributed by atoms with Crippen LogP contribution < -0.4 is 11.1 Å². The Morgan fingerprint density at radius 3 is 2.89 bits per heavy atom. The Balaban J connectivity index is 2.41. The number of benzene rings is 1. The van der Waals surface area contributed by atoms with E-state index >= 15 is 0 Å². The fourth-order valence-corrected chi connectivity index (χ4v) is 1.83. The minimum Gasteiger partial charge on any atom is -0.399 e. The minimum absolute atomic E-state index is 0.178. The van der Waals surface area contributed by atoms with E-state index in [0.29, 0.717) is 22.8 Å². The molecule has 4 nitrogen and oxygen atoms in total. The summed E-state index contributed by atoms with van der Waals surface area (Å²) in [6.07, 6.45) is 1.71. The van der Waals surface area contributed by atoms with Crippen LogP contribution in [0.3, 0.4) is 0 Å². The molecule has 0 heterocycles. The second-order valence-electron chi connectivity index (χ2n) is 4.43. The first-order valence-electron chi connectivity index (χ1n) is 5.98. The molecule has 0 aliphatic rings. The first-order chi connectivity index (χ1) is 8.54. The number of nitrogens with two attached hydrogens (primary N) is 1. The molecule has 0 aromatic heterocycles. The molecule has 0 fully saturated rings. The number of nitrogen functional groups attached to an aromatic ring is 1. The number of hydrogen-bond donors (Lipinski definition) is 3. The van der Waals surface area contributed by atoms with Crippen molar-refractivity contribution in [1.29, 1.82) is 0 Å². The smallest absolute Gasteiger partial charge is 0.252 e. The number of nitrogens with one attached hydrogen (secondary N) is 1. The lowest BCUT2D eigenvalue weighted by atomic mass is 10.1. The Kier molecular flexibility index (Phi) is 5.95. The van der Waals surface area contributed by atoms with Crippen LogP contribution in [0.15, 0.2) is 18.2 Å². The number of rotatable bonds is 6. The van der Waals surface area contributed by atoms with E-state index < -0.39 is 0 Å². The van der Waals surface area contributed by atoms with Gasteiger partial charge in [-0.2, -0.15) is 0 Å². The van der Waals surface area contributed by atoms with Gasteiger partial charge in [0.15, 0.2) is 0 Å². The number of aliphatic hydroxyl groups excluding tert-OH is 1. The molecule has 100 valence electrons. The van der Waals surface area contributed by atoms with Crippen molar-refractivity contribution in [2.24, 2.45) is 5.92 Å². The molecule has 4 N–H and O–H groups in total. The van der Waals surface area contributed by atoms with Gasteiger partial charge in [0.05, 0.1) is 10.6 Å². The van der Waals surface area contributed by atoms with E-state index in [-0.39, 0.29) is 18.4 Å². The van der Waals surface area contributed by atoms with Gasteiger partial charge in [0.2, 0.25) is 0 Å². The maximum absolute atomic E-state index is 11.8. The summed E-state index contributed by atoms with van der Waals surface area (Å²) < 4.78 is 0. The fraction of sp³-hybridized carbons (Fsp3) is 0.462. The summed E-state index contributed by atoms with van der Waals surface area (Å²) >= 11 is 5.94. The van der Waals surface area contributed by atoms with Crippen LogP contribution in [0.2, 0.25) is 5.02 Å². The second-order valence-corrected chi connectivity index (χ2v) is 4.83. The molecular formula is C13H19ClN2O2. The van der Waals surface area contributed by atoms with Crippen LogP contribution in [0.4, 0.5) is 5.69 Å². The molecule has 1 aromatic rings. The number of hydrogen-bond acceptors (Lipinski definition) is 3. The van der Waals surface area contributed by atoms with Crippen molar-refractivity contribution in [3.05, 3.63) is 28.8 Å². The van der Waals surface area contributed by atoms with Crippen molar-refractivity contribution < 1.29 is 9.90 Å². The lowest BCUT2D eigenvalue weighted by Gasteiger charge is -2.09. The number of aliphatic hydroxyl groups is 1. The van der Waals surface area contributed by atoms with Crippen LogP contribution in [0.1, 0.15) is 30.1 Å². The summed E-state index contributed by atoms with van der Waals surface area (Å²) in [5, 5.41) is 12.0. The van der Waals surface area contributed by atoms with E-state index in [1.165, 1.54) is 0 Å². The first kappa shape index (κ1) is 14.8. The molecule has 1 aromatic carbocycles. The molecule has 0 spiro atoms. The predicted octanol–water partition coefficient (Wildman–Crippen LogP) is 2.06. The quantitative estimate of drug-likeness (QED) is 0.547. The van der Waals surface area contributed by atoms with Crippen LogP contribution in [0.25, 0.3) is 0 Å². The van der Waals surface area contributed by atoms with E-state index in [9.17, 15) is 4.79 Å². The summed E-state index contributed by atoms with van der Waals surface area (Å²) in [6.45, 7) is 2.72. The Hall–Kier alpha value is -1.26. The lowest BCUT2D eigenvalue weighted by Crippen LogP contribution is -2.25. The van der Waals surface area contributed by atoms with Gasteiger partial charge in [0.25, 0.3) is 5.91 Å². The van der Waals surface area contributed by atoms with Crippen molar-refractivity contribution in [3.8, 4) is 0 Å². The van der Waals surface area contributed by atoms with Gasteiger partial charge in [-0.05, 0) is 37.0 Å². The van der Waals surface area contributed by atoms with Gasteiger partial charge in [0, 0.05) is 18.8 Å². The predicted molar refractivity (Wildman–Crippen MR) is 73.7 cm³/mol. The lowest BCUT2D eigenvalue weighted by molar-refractivity contribution is 0.0952. The van der Waals surface area contributed by atoms with E-state index in [1.807, 2.05) is 6.92 Å². The number of carbonyl (C=O) groups is 1. The van der Waals surface area contributed by atoms with Crippen LogP contribution in [-0.4, -0.2) is 24.2 Å². The summed E-state index contributed by atoms with van der Waals surface area (Å²) in [5.41, 5.74) is 6.53. The van der Waals surface area contributed by atoms with Gasteiger partial charge in [-0.15, -0.1) is 0 Å². The summed E-state index contributed by atoms with van der Waals surface area (Å²) in [5.74, 6) is 0.0682. The third-order valence-electron chi connectivity index (χ3n) is 2.71. The Bertz CT molecular complexity index is 410. The molecular weight excluding hydrogens is 252 g/mol. The van der Waals surface area contributed by atoms with Crippen LogP contribution >= 0.6 is 11.6 Å². The van der Waals surface area contributed by atoms with Crippen LogP contribution in [0.5, 0.6) is 0 Å². The van der Waals surface area contributed by atoms with Gasteiger partial charge < -0.3 is 16.2 Å². The third-order valence-corrected chi connectivity index (χ3v) is 3.02. The molecule has 0 saturated carbocycles. The van der Waals surface area contributed by atoms with Crippen LogP contribution in [0, 0.1) is 5.92 Å². The van der Waals surface area contributed by atoms with E-state index in [4.69, 9.17) is 22.4 Å². The average Bonchev–Trinajstić information content (AvgIpc) is 2.34. The molecule has 1 rings (SSSR count). The molecule has 1 atom stereocenters. The third kappa shape index (κ3) is 4.55. The monoisotopic (exact) mass is 270 g/mol. The highest BCUT2D eigenvalue weighted by molar-refractivity contribution is 6.34. The highest BCUT2D eigenvalue weighted by atomic mass is 35.5. The molecule has 0 radical (unpaired) electrons. The van der Waals surface area contributed by atoms with Gasteiger partial charge in [-0.25, -0.2) is 0 Å².